The number of carbonyl (C=O) groups is 12. The molecule has 12 amide bonds. The number of hydrogen-bond acceptors (Lipinski definition) is 14. The van der Waals surface area contributed by atoms with Crippen LogP contribution in [0, 0.1) is 29.6 Å². The smallest absolute Gasteiger partial charge is 0.248 e. The molecule has 26 nitrogen and oxygen atoms in total. The largest absolute Gasteiger partial charge is 0.391 e. The Labute approximate surface area is 600 Å². The van der Waals surface area contributed by atoms with Crippen molar-refractivity contribution in [1.82, 2.24) is 60.5 Å². The summed E-state index contributed by atoms with van der Waals surface area (Å²) >= 11 is 0. The van der Waals surface area contributed by atoms with Crippen LogP contribution in [-0.4, -0.2) is 264 Å². The van der Waals surface area contributed by atoms with Gasteiger partial charge in [-0.25, -0.2) is 0 Å². The zero-order chi connectivity index (χ0) is 75.9. The van der Waals surface area contributed by atoms with Crippen molar-refractivity contribution in [2.75, 3.05) is 82.2 Å². The quantitative estimate of drug-likeness (QED) is 0.125. The number of rotatable bonds is 19. The number of aliphatic hydroxyl groups is 1. The monoisotopic (exact) mass is 1410 g/mol. The molecule has 11 atom stereocenters. The molecule has 5 N–H and O–H groups in total. The third-order valence-electron chi connectivity index (χ3n) is 19.1. The standard InChI is InChI=1S/C75H120N12O14/c1-46(2)33-36-101-45-62-69(94)79-65(52(12)88)75(100)80(13)44-64(90)82(15)58(39-49(7)8)67(92)78-57(72(97)87-34-27-22-28-35-87)43-63(89)81(14)51(11)66(91)76-55(37-47(3)4)70(95)84(17)60(40-50(9)10)73(98)83(16)59(41-53-29-23-20-24-30-53)68(93)77-56(38-48(5)6)71(96)85(18)61(74(99)86(62)19)42-54-31-25-21-26-32-54/h20-21,23-26,29-32,46-52,55-62,65,88H,22,27-28,33-45H2,1-19H3,(H,76,91)(H,77,93)(H,78,92)(H,79,94)/t51-,52+,55-,56-,57-,58-,59-,60-,61-,62-,65-/m0/s1. The van der Waals surface area contributed by atoms with Crippen molar-refractivity contribution in [3.05, 3.63) is 71.8 Å². The second-order valence-electron chi connectivity index (χ2n) is 29.9. The number of nitrogens with zero attached hydrogens (tertiary/aromatic N) is 8. The molecule has 2 aromatic carbocycles. The van der Waals surface area contributed by atoms with Crippen molar-refractivity contribution in [1.29, 1.82) is 0 Å². The molecule has 0 saturated carbocycles. The zero-order valence-electron chi connectivity index (χ0n) is 63.7. The molecule has 0 unspecified atom stereocenters. The van der Waals surface area contributed by atoms with Gasteiger partial charge in [0.25, 0.3) is 0 Å². The van der Waals surface area contributed by atoms with Gasteiger partial charge in [-0.15, -0.1) is 0 Å². The first-order chi connectivity index (χ1) is 47.4. The van der Waals surface area contributed by atoms with E-state index in [0.717, 1.165) is 26.0 Å². The lowest BCUT2D eigenvalue weighted by Gasteiger charge is -2.38. The second-order valence-corrected chi connectivity index (χ2v) is 29.9. The molecule has 0 spiro atoms. The lowest BCUT2D eigenvalue weighted by Crippen LogP contribution is -2.62. The number of likely N-dealkylation sites (N-methyl/N-ethyl adjacent to an activating group) is 7. The summed E-state index contributed by atoms with van der Waals surface area (Å²) in [5.41, 5.74) is 1.30. The number of benzene rings is 2. The van der Waals surface area contributed by atoms with E-state index in [1.54, 1.807) is 65.6 Å². The fourth-order valence-electron chi connectivity index (χ4n) is 12.6. The number of likely N-dealkylation sites (tertiary alicyclic amines) is 1. The van der Waals surface area contributed by atoms with Gasteiger partial charge in [0.15, 0.2) is 0 Å². The van der Waals surface area contributed by atoms with Gasteiger partial charge in [-0.3, -0.25) is 57.5 Å². The highest BCUT2D eigenvalue weighted by molar-refractivity contribution is 6.00. The Morgan fingerprint density at radius 1 is 0.465 bits per heavy atom. The molecule has 101 heavy (non-hydrogen) atoms. The number of amides is 12. The summed E-state index contributed by atoms with van der Waals surface area (Å²) in [5, 5.41) is 22.6. The van der Waals surface area contributed by atoms with Gasteiger partial charge in [-0.1, -0.05) is 130 Å². The van der Waals surface area contributed by atoms with Gasteiger partial charge >= 0.3 is 0 Å². The fraction of sp³-hybridized carbons (Fsp3) is 0.680. The number of nitrogens with one attached hydrogen (secondary N) is 4. The normalized spacial score (nSPS) is 25.0. The van der Waals surface area contributed by atoms with E-state index in [-0.39, 0.29) is 74.7 Å². The van der Waals surface area contributed by atoms with E-state index in [0.29, 0.717) is 43.5 Å². The van der Waals surface area contributed by atoms with Crippen molar-refractivity contribution in [2.45, 2.75) is 220 Å². The molecule has 2 saturated heterocycles. The molecule has 2 heterocycles. The van der Waals surface area contributed by atoms with Crippen LogP contribution < -0.4 is 21.3 Å². The number of piperidine rings is 1. The van der Waals surface area contributed by atoms with Gasteiger partial charge in [-0.05, 0) is 106 Å². The van der Waals surface area contributed by atoms with E-state index in [4.69, 9.17) is 4.74 Å². The summed E-state index contributed by atoms with van der Waals surface area (Å²) < 4.78 is 6.10. The Bertz CT molecular complexity index is 3090. The van der Waals surface area contributed by atoms with Gasteiger partial charge in [0, 0.05) is 81.9 Å². The number of hydrogen-bond donors (Lipinski definition) is 5. The molecule has 2 fully saturated rings. The molecule has 0 radical (unpaired) electrons. The number of aliphatic hydroxyl groups excluding tert-OH is 1. The average Bonchev–Trinajstić information content (AvgIpc) is 0.818. The molecular formula is C75H120N12O14. The minimum atomic E-state index is -1.72. The predicted octanol–water partition coefficient (Wildman–Crippen LogP) is 3.90. The highest BCUT2D eigenvalue weighted by atomic mass is 16.5. The molecule has 4 rings (SSSR count). The van der Waals surface area contributed by atoms with E-state index in [1.165, 1.54) is 77.9 Å². The van der Waals surface area contributed by atoms with Crippen LogP contribution in [0.5, 0.6) is 0 Å². The summed E-state index contributed by atoms with van der Waals surface area (Å²) in [5.74, 6) is -9.37. The van der Waals surface area contributed by atoms with Crippen molar-refractivity contribution in [2.24, 2.45) is 29.6 Å². The van der Waals surface area contributed by atoms with Crippen LogP contribution in [0.4, 0.5) is 0 Å². The topological polar surface area (TPSA) is 308 Å². The number of carbonyl (C=O) groups excluding carboxylic acids is 12. The van der Waals surface area contributed by atoms with E-state index in [2.05, 4.69) is 21.3 Å². The molecule has 564 valence electrons. The van der Waals surface area contributed by atoms with E-state index < -0.39 is 157 Å². The van der Waals surface area contributed by atoms with E-state index >= 15 is 24.0 Å². The van der Waals surface area contributed by atoms with Crippen LogP contribution in [0.1, 0.15) is 152 Å². The molecule has 2 aromatic rings. The predicted molar refractivity (Wildman–Crippen MR) is 385 cm³/mol. The minimum Gasteiger partial charge on any atom is -0.391 e. The van der Waals surface area contributed by atoms with Gasteiger partial charge in [0.1, 0.15) is 60.4 Å². The first-order valence-electron chi connectivity index (χ1n) is 36.0. The Hall–Kier alpha value is -8.00. The van der Waals surface area contributed by atoms with Crippen molar-refractivity contribution in [3.63, 3.8) is 0 Å². The summed E-state index contributed by atoms with van der Waals surface area (Å²) in [6.45, 7) is 21.4. The van der Waals surface area contributed by atoms with Crippen LogP contribution in [0.3, 0.4) is 0 Å². The maximum Gasteiger partial charge on any atom is 0.248 e. The fourth-order valence-corrected chi connectivity index (χ4v) is 12.6. The van der Waals surface area contributed by atoms with Gasteiger partial charge in [0.05, 0.1) is 25.7 Å². The highest BCUT2D eigenvalue weighted by Crippen LogP contribution is 2.24. The average molecular weight is 1410 g/mol. The van der Waals surface area contributed by atoms with Gasteiger partial charge in [0.2, 0.25) is 70.9 Å². The Kier molecular flexibility index (Phi) is 34.3. The lowest BCUT2D eigenvalue weighted by molar-refractivity contribution is -0.152. The zero-order valence-corrected chi connectivity index (χ0v) is 63.7. The Morgan fingerprint density at radius 2 is 0.901 bits per heavy atom. The summed E-state index contributed by atoms with van der Waals surface area (Å²) in [6.07, 6.45) is 0.837. The Balaban J connectivity index is 1.99. The lowest BCUT2D eigenvalue weighted by atomic mass is 9.96. The third kappa shape index (κ3) is 25.5. The van der Waals surface area contributed by atoms with Crippen molar-refractivity contribution in [3.8, 4) is 0 Å². The maximum atomic E-state index is 15.6. The van der Waals surface area contributed by atoms with Crippen LogP contribution >= 0.6 is 0 Å². The molecule has 26 heteroatoms. The molecule has 2 aliphatic heterocycles. The third-order valence-corrected chi connectivity index (χ3v) is 19.1. The summed E-state index contributed by atoms with van der Waals surface area (Å²) in [7, 11) is 9.73. The summed E-state index contributed by atoms with van der Waals surface area (Å²) in [4.78, 5) is 189. The second kappa shape index (κ2) is 40.6. The minimum absolute atomic E-state index is 0.0381. The molecule has 0 bridgehead atoms. The van der Waals surface area contributed by atoms with Crippen molar-refractivity contribution < 1.29 is 67.4 Å². The van der Waals surface area contributed by atoms with E-state index in [9.17, 15) is 38.7 Å². The molecule has 0 aromatic heterocycles. The van der Waals surface area contributed by atoms with Crippen LogP contribution in [0.25, 0.3) is 0 Å². The van der Waals surface area contributed by atoms with Crippen LogP contribution in [-0.2, 0) is 75.1 Å². The molecule has 0 aliphatic carbocycles. The number of ether oxygens (including phenoxy) is 1. The van der Waals surface area contributed by atoms with Gasteiger partial charge in [-0.2, -0.15) is 0 Å². The van der Waals surface area contributed by atoms with Crippen LogP contribution in [0.15, 0.2) is 60.7 Å². The Morgan fingerprint density at radius 3 is 1.40 bits per heavy atom. The molecule has 2 aliphatic rings. The van der Waals surface area contributed by atoms with Crippen LogP contribution in [0.2, 0.25) is 0 Å². The SMILES string of the molecule is CC(C)CCOC[C@H]1C(=O)N[C@@H]([C@@H](C)O)C(=O)N(C)CC(=O)N(C)[C@@H](CC(C)C)C(=O)N[C@H](C(=O)N2CCCCC2)CC(=O)N(C)[C@@H](C)C(=O)N[C@@H](CC(C)C)C(=O)N(C)[C@@H](CC(C)C)C(=O)N(C)[C@@H](Cc2ccccc2)C(=O)N[C@@H](CC(C)C)C(=O)N(C)[C@@H](Cc2ccccc2)C(=O)N1C. The maximum absolute atomic E-state index is 15.6. The first-order valence-corrected chi connectivity index (χ1v) is 36.0. The molecular weight excluding hydrogens is 1290 g/mol. The highest BCUT2D eigenvalue weighted by Gasteiger charge is 2.44. The van der Waals surface area contributed by atoms with Crippen molar-refractivity contribution >= 4 is 70.9 Å². The summed E-state index contributed by atoms with van der Waals surface area (Å²) in [6, 6.07) is 4.25. The van der Waals surface area contributed by atoms with Gasteiger partial charge < -0.3 is 70.3 Å². The van der Waals surface area contributed by atoms with E-state index in [1.807, 2.05) is 69.2 Å². The first kappa shape index (κ1) is 85.4.